The van der Waals surface area contributed by atoms with Crippen LogP contribution in [0.2, 0.25) is 0 Å². The zero-order chi connectivity index (χ0) is 19.5. The molecule has 1 saturated heterocycles. The molecule has 1 aromatic carbocycles. The lowest BCUT2D eigenvalue weighted by atomic mass is 10.1. The number of aryl methyl sites for hydroxylation is 1. The average Bonchev–Trinajstić information content (AvgIpc) is 3.45. The van der Waals surface area contributed by atoms with Crippen molar-refractivity contribution in [3.8, 4) is 0 Å². The maximum atomic E-state index is 12.5. The number of amides is 2. The number of rotatable bonds is 4. The second-order valence-corrected chi connectivity index (χ2v) is 8.06. The van der Waals surface area contributed by atoms with Crippen LogP contribution in [0.25, 0.3) is 0 Å². The van der Waals surface area contributed by atoms with Crippen molar-refractivity contribution in [1.29, 1.82) is 0 Å². The van der Waals surface area contributed by atoms with E-state index in [1.165, 1.54) is 17.6 Å². The van der Waals surface area contributed by atoms with E-state index < -0.39 is 5.91 Å². The molecule has 0 spiro atoms. The van der Waals surface area contributed by atoms with Gasteiger partial charge in [0, 0.05) is 36.3 Å². The van der Waals surface area contributed by atoms with E-state index in [0.29, 0.717) is 11.3 Å². The second kappa shape index (κ2) is 7.98. The van der Waals surface area contributed by atoms with Crippen molar-refractivity contribution in [2.45, 2.75) is 26.3 Å². The molecule has 6 nitrogen and oxygen atoms in total. The fraction of sp³-hybridized carbons (Fsp3) is 0.286. The molecular weight excluding hydrogens is 374 g/mol. The molecule has 0 bridgehead atoms. The summed E-state index contributed by atoms with van der Waals surface area (Å²) in [6, 6.07) is 10.9. The number of likely N-dealkylation sites (tertiary alicyclic amines) is 1. The first-order chi connectivity index (χ1) is 13.6. The summed E-state index contributed by atoms with van der Waals surface area (Å²) in [6.45, 7) is 4.25. The van der Waals surface area contributed by atoms with Crippen LogP contribution in [-0.4, -0.2) is 34.4 Å². The summed E-state index contributed by atoms with van der Waals surface area (Å²) in [5, 5.41) is 0. The van der Waals surface area contributed by atoms with Crippen molar-refractivity contribution in [2.24, 2.45) is 4.99 Å². The highest BCUT2D eigenvalue weighted by molar-refractivity contribution is 7.09. The van der Waals surface area contributed by atoms with Gasteiger partial charge in [0.05, 0.1) is 6.26 Å². The molecule has 1 aliphatic rings. The van der Waals surface area contributed by atoms with E-state index in [1.54, 1.807) is 12.1 Å². The predicted molar refractivity (Wildman–Crippen MR) is 106 cm³/mol. The van der Waals surface area contributed by atoms with Gasteiger partial charge in [-0.1, -0.05) is 12.1 Å². The van der Waals surface area contributed by atoms with E-state index in [4.69, 9.17) is 4.42 Å². The van der Waals surface area contributed by atoms with Crippen LogP contribution in [0.4, 0.5) is 0 Å². The first-order valence-electron chi connectivity index (χ1n) is 9.28. The zero-order valence-electron chi connectivity index (χ0n) is 15.6. The summed E-state index contributed by atoms with van der Waals surface area (Å²) in [7, 11) is 0. The van der Waals surface area contributed by atoms with Gasteiger partial charge in [-0.05, 0) is 49.6 Å². The average molecular weight is 395 g/mol. The van der Waals surface area contributed by atoms with Gasteiger partial charge in [-0.15, -0.1) is 11.3 Å². The van der Waals surface area contributed by atoms with Gasteiger partial charge >= 0.3 is 5.91 Å². The van der Waals surface area contributed by atoms with Crippen molar-refractivity contribution in [2.75, 3.05) is 13.1 Å². The van der Waals surface area contributed by atoms with Crippen molar-refractivity contribution in [3.05, 3.63) is 75.4 Å². The molecule has 3 aromatic rings. The number of hydrogen-bond donors (Lipinski definition) is 0. The summed E-state index contributed by atoms with van der Waals surface area (Å²) in [6.07, 6.45) is 5.60. The highest BCUT2D eigenvalue weighted by Crippen LogP contribution is 2.14. The molecule has 0 unspecified atom stereocenters. The number of aromatic nitrogens is 1. The third kappa shape index (κ3) is 3.99. The van der Waals surface area contributed by atoms with Crippen LogP contribution in [0.3, 0.4) is 0 Å². The summed E-state index contributed by atoms with van der Waals surface area (Å²) in [4.78, 5) is 32.5. The van der Waals surface area contributed by atoms with E-state index in [0.717, 1.165) is 41.9 Å². The van der Waals surface area contributed by atoms with Gasteiger partial charge in [0.1, 0.15) is 0 Å². The molecule has 0 aliphatic carbocycles. The third-order valence-corrected chi connectivity index (χ3v) is 5.65. The minimum atomic E-state index is -0.396. The van der Waals surface area contributed by atoms with Crippen LogP contribution < -0.4 is 4.80 Å². The number of thiazole rings is 1. The monoisotopic (exact) mass is 395 g/mol. The van der Waals surface area contributed by atoms with E-state index in [9.17, 15) is 9.59 Å². The van der Waals surface area contributed by atoms with E-state index in [-0.39, 0.29) is 11.7 Å². The van der Waals surface area contributed by atoms with Gasteiger partial charge in [-0.25, -0.2) is 0 Å². The van der Waals surface area contributed by atoms with Crippen molar-refractivity contribution in [1.82, 2.24) is 9.47 Å². The molecule has 0 atom stereocenters. The standard InChI is InChI=1S/C21H21N3O3S/c1-15-13-24(21(28-15)22-19(25)18-5-4-12-27-18)14-16-6-8-17(9-7-16)20(26)23-10-2-3-11-23/h4-9,12-13H,2-3,10-11,14H2,1H3. The molecule has 28 heavy (non-hydrogen) atoms. The number of furan rings is 1. The number of benzene rings is 1. The van der Waals surface area contributed by atoms with E-state index >= 15 is 0 Å². The molecule has 1 aliphatic heterocycles. The molecule has 7 heteroatoms. The Hall–Kier alpha value is -2.93. The Morgan fingerprint density at radius 1 is 1.14 bits per heavy atom. The second-order valence-electron chi connectivity index (χ2n) is 6.84. The molecule has 0 saturated carbocycles. The fourth-order valence-corrected chi connectivity index (χ4v) is 4.13. The lowest BCUT2D eigenvalue weighted by molar-refractivity contribution is 0.0792. The van der Waals surface area contributed by atoms with Gasteiger partial charge in [-0.3, -0.25) is 9.59 Å². The Bertz CT molecular complexity index is 1040. The van der Waals surface area contributed by atoms with Gasteiger partial charge < -0.3 is 13.9 Å². The van der Waals surface area contributed by atoms with Crippen molar-refractivity contribution >= 4 is 23.2 Å². The topological polar surface area (TPSA) is 67.8 Å². The van der Waals surface area contributed by atoms with Crippen LogP contribution in [-0.2, 0) is 6.54 Å². The largest absolute Gasteiger partial charge is 0.459 e. The molecule has 0 N–H and O–H groups in total. The van der Waals surface area contributed by atoms with Gasteiger partial charge in [0.25, 0.3) is 5.91 Å². The smallest absolute Gasteiger partial charge is 0.315 e. The fourth-order valence-electron chi connectivity index (χ4n) is 3.30. The molecule has 144 valence electrons. The van der Waals surface area contributed by atoms with Gasteiger partial charge in [-0.2, -0.15) is 4.99 Å². The Morgan fingerprint density at radius 3 is 2.57 bits per heavy atom. The predicted octanol–water partition coefficient (Wildman–Crippen LogP) is 3.48. The van der Waals surface area contributed by atoms with Crippen LogP contribution in [0.15, 0.2) is 58.3 Å². The van der Waals surface area contributed by atoms with Crippen molar-refractivity contribution in [3.63, 3.8) is 0 Å². The highest BCUT2D eigenvalue weighted by atomic mass is 32.1. The molecular formula is C21H21N3O3S. The molecule has 1 fully saturated rings. The Kier molecular flexibility index (Phi) is 5.25. The van der Waals surface area contributed by atoms with E-state index in [1.807, 2.05) is 46.9 Å². The van der Waals surface area contributed by atoms with Gasteiger partial charge in [0.15, 0.2) is 10.6 Å². The summed E-state index contributed by atoms with van der Waals surface area (Å²) in [5.41, 5.74) is 1.76. The van der Waals surface area contributed by atoms with Crippen LogP contribution in [0.5, 0.6) is 0 Å². The molecule has 0 radical (unpaired) electrons. The van der Waals surface area contributed by atoms with Crippen LogP contribution >= 0.6 is 11.3 Å². The van der Waals surface area contributed by atoms with E-state index in [2.05, 4.69) is 4.99 Å². The third-order valence-electron chi connectivity index (χ3n) is 4.71. The van der Waals surface area contributed by atoms with Crippen LogP contribution in [0, 0.1) is 6.92 Å². The maximum absolute atomic E-state index is 12.5. The van der Waals surface area contributed by atoms with Crippen LogP contribution in [0.1, 0.15) is 44.2 Å². The summed E-state index contributed by atoms with van der Waals surface area (Å²) in [5.74, 6) is -0.0719. The number of carbonyl (C=O) groups is 2. The first-order valence-corrected chi connectivity index (χ1v) is 10.1. The molecule has 2 amide bonds. The normalized spacial score (nSPS) is 14.6. The quantitative estimate of drug-likeness (QED) is 0.679. The lowest BCUT2D eigenvalue weighted by Crippen LogP contribution is -2.27. The Morgan fingerprint density at radius 2 is 1.89 bits per heavy atom. The molecule has 4 rings (SSSR count). The minimum Gasteiger partial charge on any atom is -0.459 e. The number of nitrogens with zero attached hydrogens (tertiary/aromatic N) is 3. The zero-order valence-corrected chi connectivity index (χ0v) is 16.4. The molecule has 3 heterocycles. The highest BCUT2D eigenvalue weighted by Gasteiger charge is 2.19. The maximum Gasteiger partial charge on any atom is 0.315 e. The minimum absolute atomic E-state index is 0.0998. The van der Waals surface area contributed by atoms with Crippen molar-refractivity contribution < 1.29 is 14.0 Å². The SMILES string of the molecule is Cc1cn(Cc2ccc(C(=O)N3CCCC3)cc2)c(=NC(=O)c2ccco2)s1. The Labute approximate surface area is 166 Å². The summed E-state index contributed by atoms with van der Waals surface area (Å²) < 4.78 is 7.07. The first kappa shape index (κ1) is 18.4. The number of carbonyl (C=O) groups excluding carboxylic acids is 2. The number of hydrogen-bond acceptors (Lipinski definition) is 4. The Balaban J connectivity index is 1.53. The lowest BCUT2D eigenvalue weighted by Gasteiger charge is -2.15. The van der Waals surface area contributed by atoms with Gasteiger partial charge in [0.2, 0.25) is 0 Å². The summed E-state index contributed by atoms with van der Waals surface area (Å²) >= 11 is 1.46. The molecule has 2 aromatic heterocycles.